The zero-order chi connectivity index (χ0) is 12.2. The molecule has 0 saturated carbocycles. The van der Waals surface area contributed by atoms with E-state index >= 15 is 0 Å². The second kappa shape index (κ2) is 11.1. The smallest absolute Gasteiger partial charge is 0.315 e. The van der Waals surface area contributed by atoms with Crippen molar-refractivity contribution in [3.63, 3.8) is 0 Å². The van der Waals surface area contributed by atoms with Crippen molar-refractivity contribution in [2.75, 3.05) is 6.61 Å². The molecule has 0 aromatic carbocycles. The molecule has 9 nitrogen and oxygen atoms in total. The molecule has 0 spiro atoms. The van der Waals surface area contributed by atoms with Crippen LogP contribution in [-0.4, -0.2) is 24.1 Å². The Morgan fingerprint density at radius 1 is 1.13 bits per heavy atom. The molecule has 0 bridgehead atoms. The van der Waals surface area contributed by atoms with Crippen LogP contribution in [0.4, 0.5) is 0 Å². The summed E-state index contributed by atoms with van der Waals surface area (Å²) in [5.74, 6) is 0. The van der Waals surface area contributed by atoms with Gasteiger partial charge in [0, 0.05) is 10.1 Å². The maximum Gasteiger partial charge on any atom is 0.394 e. The lowest BCUT2D eigenvalue weighted by molar-refractivity contribution is -0.699. The Kier molecular flexibility index (Phi) is 12.1. The van der Waals surface area contributed by atoms with Crippen molar-refractivity contribution < 1.29 is 42.4 Å². The van der Waals surface area contributed by atoms with Crippen LogP contribution in [-0.2, 0) is 35.3 Å². The van der Waals surface area contributed by atoms with E-state index in [-0.39, 0.29) is 6.61 Å². The van der Waals surface area contributed by atoms with E-state index in [1.54, 1.807) is 0 Å². The van der Waals surface area contributed by atoms with Crippen LogP contribution in [0.1, 0.15) is 0 Å². The zero-order valence-electron chi connectivity index (χ0n) is 7.44. The molecule has 0 aliphatic carbocycles. The Morgan fingerprint density at radius 3 is 2.07 bits per heavy atom. The summed E-state index contributed by atoms with van der Waals surface area (Å²) in [6, 6.07) is 0. The summed E-state index contributed by atoms with van der Waals surface area (Å²) in [5.41, 5.74) is 0. The highest BCUT2D eigenvalue weighted by Gasteiger charge is 1.86. The van der Waals surface area contributed by atoms with E-state index in [0.29, 0.717) is 0 Å². The van der Waals surface area contributed by atoms with Gasteiger partial charge in [0.1, 0.15) is 12.9 Å². The molecule has 0 unspecified atom stereocenters. The largest absolute Gasteiger partial charge is 0.394 e. The molecule has 0 amide bonds. The molecule has 0 heterocycles. The minimum Gasteiger partial charge on any atom is -0.315 e. The first-order valence-electron chi connectivity index (χ1n) is 3.11. The van der Waals surface area contributed by atoms with Crippen molar-refractivity contribution >= 4 is 10.4 Å². The van der Waals surface area contributed by atoms with Crippen LogP contribution in [0, 0.1) is 0 Å². The van der Waals surface area contributed by atoms with Crippen molar-refractivity contribution in [1.29, 1.82) is 0 Å². The molecule has 0 aromatic heterocycles. The first-order chi connectivity index (χ1) is 6.91. The van der Waals surface area contributed by atoms with Crippen LogP contribution < -0.4 is 0 Å². The van der Waals surface area contributed by atoms with Gasteiger partial charge in [-0.05, 0) is 5.04 Å². The van der Waals surface area contributed by atoms with Gasteiger partial charge in [-0.2, -0.15) is 13.3 Å². The van der Waals surface area contributed by atoms with E-state index in [0.717, 1.165) is 6.26 Å². The number of hydrogen-bond acceptors (Lipinski definition) is 7. The van der Waals surface area contributed by atoms with E-state index in [1.165, 1.54) is 6.08 Å². The molecule has 15 heavy (non-hydrogen) atoms. The van der Waals surface area contributed by atoms with Crippen LogP contribution in [0.15, 0.2) is 25.5 Å². The molecule has 0 radical (unpaired) electrons. The highest BCUT2D eigenvalue weighted by atomic mass is 32.3. The normalized spacial score (nSPS) is 9.73. The topological polar surface area (TPSA) is 121 Å². The van der Waals surface area contributed by atoms with Gasteiger partial charge in [-0.1, -0.05) is 12.7 Å². The van der Waals surface area contributed by atoms with Crippen molar-refractivity contribution in [3.05, 3.63) is 25.5 Å². The summed E-state index contributed by atoms with van der Waals surface area (Å²) < 4.78 is 31.6. The van der Waals surface area contributed by atoms with E-state index in [9.17, 15) is 0 Å². The summed E-state index contributed by atoms with van der Waals surface area (Å²) in [6.07, 6.45) is 2.48. The third-order valence-corrected chi connectivity index (χ3v) is 0.397. The Balaban J connectivity index is 0. The van der Waals surface area contributed by atoms with Gasteiger partial charge >= 0.3 is 10.4 Å². The van der Waals surface area contributed by atoms with Crippen molar-refractivity contribution in [2.45, 2.75) is 0 Å². The average Bonchev–Trinajstić information content (AvgIpc) is 2.08. The molecule has 0 aromatic rings. The SMILES string of the molecule is C=CCOOOOOC=C.O=S(=O)(O)O. The summed E-state index contributed by atoms with van der Waals surface area (Å²) >= 11 is 0. The molecule has 2 N–H and O–H groups in total. The molecule has 0 aliphatic rings. The zero-order valence-corrected chi connectivity index (χ0v) is 8.25. The Hall–Kier alpha value is -1.01. The highest BCUT2D eigenvalue weighted by molar-refractivity contribution is 7.79. The fourth-order valence-corrected chi connectivity index (χ4v) is 0.151. The average molecular weight is 246 g/mol. The minimum atomic E-state index is -4.67. The maximum absolute atomic E-state index is 8.74. The van der Waals surface area contributed by atoms with Gasteiger partial charge in [-0.25, -0.2) is 0 Å². The van der Waals surface area contributed by atoms with Gasteiger partial charge in [-0.3, -0.25) is 9.11 Å². The quantitative estimate of drug-likeness (QED) is 0.164. The Bertz CT molecular complexity index is 225. The number of hydrogen-bond donors (Lipinski definition) is 2. The lowest BCUT2D eigenvalue weighted by atomic mass is 10.7. The predicted octanol–water partition coefficient (Wildman–Crippen LogP) is 0.406. The van der Waals surface area contributed by atoms with E-state index in [2.05, 4.69) is 38.0 Å². The second-order valence-corrected chi connectivity index (χ2v) is 2.38. The molecule has 0 aliphatic heterocycles. The lowest BCUT2D eigenvalue weighted by Crippen LogP contribution is -1.96. The van der Waals surface area contributed by atoms with Crippen LogP contribution in [0.2, 0.25) is 0 Å². The molecular formula is C5H10O9S. The lowest BCUT2D eigenvalue weighted by Gasteiger charge is -1.96. The summed E-state index contributed by atoms with van der Waals surface area (Å²) in [7, 11) is -4.67. The molecule has 0 saturated heterocycles. The molecule has 90 valence electrons. The first-order valence-corrected chi connectivity index (χ1v) is 4.51. The molecule has 10 heteroatoms. The Morgan fingerprint density at radius 2 is 1.67 bits per heavy atom. The molecule has 0 atom stereocenters. The minimum absolute atomic E-state index is 0.192. The third kappa shape index (κ3) is 43.7. The van der Waals surface area contributed by atoms with Gasteiger partial charge in [0.15, 0.2) is 0 Å². The second-order valence-electron chi connectivity index (χ2n) is 1.49. The molecule has 0 fully saturated rings. The van der Waals surface area contributed by atoms with Gasteiger partial charge in [-0.15, -0.1) is 6.58 Å². The Labute approximate surface area is 85.7 Å². The highest BCUT2D eigenvalue weighted by Crippen LogP contribution is 1.84. The third-order valence-electron chi connectivity index (χ3n) is 0.397. The van der Waals surface area contributed by atoms with E-state index < -0.39 is 10.4 Å². The summed E-state index contributed by atoms with van der Waals surface area (Å²) in [6.45, 7) is 6.69. The van der Waals surface area contributed by atoms with E-state index in [4.69, 9.17) is 17.5 Å². The first kappa shape index (κ1) is 16.4. The molecule has 0 rings (SSSR count). The van der Waals surface area contributed by atoms with Crippen molar-refractivity contribution in [3.8, 4) is 0 Å². The summed E-state index contributed by atoms with van der Waals surface area (Å²) in [5, 5.41) is 11.6. The van der Waals surface area contributed by atoms with E-state index in [1.807, 2.05) is 0 Å². The maximum atomic E-state index is 8.74. The fourth-order valence-electron chi connectivity index (χ4n) is 0.151. The van der Waals surface area contributed by atoms with Crippen molar-refractivity contribution in [1.82, 2.24) is 0 Å². The van der Waals surface area contributed by atoms with Crippen LogP contribution >= 0.6 is 0 Å². The van der Waals surface area contributed by atoms with Gasteiger partial charge in [0.2, 0.25) is 0 Å². The monoisotopic (exact) mass is 246 g/mol. The van der Waals surface area contributed by atoms with Crippen LogP contribution in [0.5, 0.6) is 0 Å². The van der Waals surface area contributed by atoms with Gasteiger partial charge in [0.05, 0.1) is 0 Å². The summed E-state index contributed by atoms with van der Waals surface area (Å²) in [4.78, 5) is 8.27. The fraction of sp³-hybridized carbons (Fsp3) is 0.200. The van der Waals surface area contributed by atoms with Crippen LogP contribution in [0.3, 0.4) is 0 Å². The van der Waals surface area contributed by atoms with Crippen molar-refractivity contribution in [2.24, 2.45) is 0 Å². The predicted molar refractivity (Wildman–Crippen MR) is 44.9 cm³/mol. The van der Waals surface area contributed by atoms with Gasteiger partial charge < -0.3 is 4.89 Å². The standard InChI is InChI=1S/C5H8O5.H2O4S/c1-3-5-7-9-10-8-6-4-2;1-5(2,3)4/h3-4H,1-2,5H2;(H2,1,2,3,4). The van der Waals surface area contributed by atoms with Gasteiger partial charge in [0.25, 0.3) is 0 Å². The number of rotatable bonds is 7. The molecular weight excluding hydrogens is 236 g/mol. The van der Waals surface area contributed by atoms with Crippen LogP contribution in [0.25, 0.3) is 0 Å².